The van der Waals surface area contributed by atoms with Crippen LogP contribution in [0.3, 0.4) is 0 Å². The molecule has 3 nitrogen and oxygen atoms in total. The summed E-state index contributed by atoms with van der Waals surface area (Å²) in [5, 5.41) is -0.0214. The maximum atomic E-state index is 13.0. The van der Waals surface area contributed by atoms with Gasteiger partial charge in [0.2, 0.25) is 0 Å². The molecule has 24 heavy (non-hydrogen) atoms. The van der Waals surface area contributed by atoms with Crippen molar-refractivity contribution >= 4 is 34.7 Å². The maximum Gasteiger partial charge on any atom is 0.277 e. The number of carbonyl (C=O) groups is 2. The fourth-order valence-electron chi connectivity index (χ4n) is 3.11. The Balaban J connectivity index is 2.11. The van der Waals surface area contributed by atoms with E-state index in [1.165, 1.54) is 4.90 Å². The molecule has 0 atom stereocenters. The van der Waals surface area contributed by atoms with Gasteiger partial charge >= 0.3 is 0 Å². The largest absolute Gasteiger partial charge is 0.277 e. The van der Waals surface area contributed by atoms with Crippen molar-refractivity contribution in [3.63, 3.8) is 0 Å². The Hall–Kier alpha value is -2.39. The molecule has 1 aliphatic rings. The minimum absolute atomic E-state index is 0.0214. The summed E-state index contributed by atoms with van der Waals surface area (Å²) in [4.78, 5) is 26.8. The summed E-state index contributed by atoms with van der Waals surface area (Å²) in [6, 6.07) is 11.3. The predicted molar refractivity (Wildman–Crippen MR) is 97.1 cm³/mol. The van der Waals surface area contributed by atoms with Crippen LogP contribution in [0.15, 0.2) is 41.4 Å². The van der Waals surface area contributed by atoms with Gasteiger partial charge < -0.3 is 0 Å². The number of imide groups is 1. The summed E-state index contributed by atoms with van der Waals surface area (Å²) in [7, 11) is 0. The van der Waals surface area contributed by atoms with E-state index in [2.05, 4.69) is 0 Å². The third-order valence-corrected chi connectivity index (χ3v) is 4.62. The number of halogens is 1. The molecule has 0 saturated heterocycles. The van der Waals surface area contributed by atoms with Crippen LogP contribution in [0, 0.1) is 27.7 Å². The zero-order chi connectivity index (χ0) is 17.6. The number of hydrogen-bond donors (Lipinski definition) is 0. The molecular weight excluding hydrogens is 322 g/mol. The van der Waals surface area contributed by atoms with Crippen LogP contribution >= 0.6 is 11.6 Å². The molecular formula is C20H18ClNO2. The third-order valence-electron chi connectivity index (χ3n) is 4.27. The first-order chi connectivity index (χ1) is 11.3. The SMILES string of the molecule is Cc1ccc(C2=C(Cl)C(=O)N(c3ccc(C)cc3C)C2=O)c(C)c1. The fraction of sp³-hybridized carbons (Fsp3) is 0.200. The van der Waals surface area contributed by atoms with Crippen LogP contribution in [-0.4, -0.2) is 11.8 Å². The Morgan fingerprint density at radius 3 is 1.96 bits per heavy atom. The topological polar surface area (TPSA) is 37.4 Å². The van der Waals surface area contributed by atoms with Crippen LogP contribution in [0.25, 0.3) is 5.57 Å². The number of rotatable bonds is 2. The van der Waals surface area contributed by atoms with Crippen LogP contribution in [0.5, 0.6) is 0 Å². The van der Waals surface area contributed by atoms with E-state index in [4.69, 9.17) is 11.6 Å². The molecule has 2 amide bonds. The van der Waals surface area contributed by atoms with Crippen molar-refractivity contribution in [3.8, 4) is 0 Å². The van der Waals surface area contributed by atoms with Crippen LogP contribution < -0.4 is 4.90 Å². The minimum Gasteiger partial charge on any atom is -0.268 e. The zero-order valence-corrected chi connectivity index (χ0v) is 14.9. The van der Waals surface area contributed by atoms with E-state index in [-0.39, 0.29) is 16.5 Å². The number of carbonyl (C=O) groups excluding carboxylic acids is 2. The Bertz CT molecular complexity index is 912. The standard InChI is InChI=1S/C20H18ClNO2/c1-11-5-7-15(13(3)9-11)17-18(21)20(24)22(19(17)23)16-8-6-12(2)10-14(16)4/h5-10H,1-4H3. The minimum atomic E-state index is -0.469. The lowest BCUT2D eigenvalue weighted by Crippen LogP contribution is -2.31. The molecule has 1 heterocycles. The van der Waals surface area contributed by atoms with Gasteiger partial charge in [-0.1, -0.05) is 53.1 Å². The fourth-order valence-corrected chi connectivity index (χ4v) is 3.37. The predicted octanol–water partition coefficient (Wildman–Crippen LogP) is 4.44. The molecule has 0 spiro atoms. The van der Waals surface area contributed by atoms with Gasteiger partial charge in [0.25, 0.3) is 11.8 Å². The molecule has 0 radical (unpaired) electrons. The smallest absolute Gasteiger partial charge is 0.268 e. The lowest BCUT2D eigenvalue weighted by molar-refractivity contribution is -0.119. The van der Waals surface area contributed by atoms with Gasteiger partial charge in [0.1, 0.15) is 5.03 Å². The first kappa shape index (κ1) is 16.5. The Morgan fingerprint density at radius 2 is 1.38 bits per heavy atom. The van der Waals surface area contributed by atoms with Crippen molar-refractivity contribution in [1.82, 2.24) is 0 Å². The molecule has 1 aliphatic heterocycles. The van der Waals surface area contributed by atoms with Crippen molar-refractivity contribution < 1.29 is 9.59 Å². The lowest BCUT2D eigenvalue weighted by Gasteiger charge is -2.18. The van der Waals surface area contributed by atoms with Gasteiger partial charge in [0, 0.05) is 0 Å². The van der Waals surface area contributed by atoms with E-state index in [1.807, 2.05) is 58.0 Å². The highest BCUT2D eigenvalue weighted by atomic mass is 35.5. The van der Waals surface area contributed by atoms with Crippen LogP contribution in [0.4, 0.5) is 5.69 Å². The lowest BCUT2D eigenvalue weighted by atomic mass is 9.98. The summed E-state index contributed by atoms with van der Waals surface area (Å²) >= 11 is 6.27. The Kier molecular flexibility index (Phi) is 4.06. The normalized spacial score (nSPS) is 14.8. The number of anilines is 1. The van der Waals surface area contributed by atoms with Crippen molar-refractivity contribution in [1.29, 1.82) is 0 Å². The molecule has 2 aromatic carbocycles. The van der Waals surface area contributed by atoms with Gasteiger partial charge in [0.05, 0.1) is 11.3 Å². The van der Waals surface area contributed by atoms with E-state index >= 15 is 0 Å². The molecule has 122 valence electrons. The maximum absolute atomic E-state index is 13.0. The van der Waals surface area contributed by atoms with Crippen molar-refractivity contribution in [2.24, 2.45) is 0 Å². The average Bonchev–Trinajstić information content (AvgIpc) is 2.71. The van der Waals surface area contributed by atoms with Crippen molar-refractivity contribution in [3.05, 3.63) is 69.2 Å². The summed E-state index contributed by atoms with van der Waals surface area (Å²) in [5.41, 5.74) is 5.51. The molecule has 0 aromatic heterocycles. The molecule has 0 aliphatic carbocycles. The molecule has 2 aromatic rings. The first-order valence-corrected chi connectivity index (χ1v) is 8.12. The van der Waals surface area contributed by atoms with Crippen LogP contribution in [0.1, 0.15) is 27.8 Å². The molecule has 4 heteroatoms. The average molecular weight is 340 g/mol. The van der Waals surface area contributed by atoms with Gasteiger partial charge in [-0.2, -0.15) is 0 Å². The second kappa shape index (κ2) is 5.91. The Morgan fingerprint density at radius 1 is 0.792 bits per heavy atom. The van der Waals surface area contributed by atoms with Gasteiger partial charge in [-0.3, -0.25) is 9.59 Å². The highest BCUT2D eigenvalue weighted by Gasteiger charge is 2.40. The van der Waals surface area contributed by atoms with Gasteiger partial charge in [-0.15, -0.1) is 0 Å². The van der Waals surface area contributed by atoms with E-state index in [1.54, 1.807) is 6.07 Å². The van der Waals surface area contributed by atoms with E-state index in [9.17, 15) is 9.59 Å². The summed E-state index contributed by atoms with van der Waals surface area (Å²) in [6.07, 6.45) is 0. The monoisotopic (exact) mass is 339 g/mol. The molecule has 0 fully saturated rings. The molecule has 0 unspecified atom stereocenters. The first-order valence-electron chi connectivity index (χ1n) is 7.74. The summed E-state index contributed by atoms with van der Waals surface area (Å²) in [6.45, 7) is 7.75. The highest BCUT2D eigenvalue weighted by Crippen LogP contribution is 2.37. The number of amides is 2. The second-order valence-electron chi connectivity index (χ2n) is 6.24. The van der Waals surface area contributed by atoms with E-state index in [0.29, 0.717) is 11.3 Å². The van der Waals surface area contributed by atoms with E-state index < -0.39 is 5.91 Å². The quantitative estimate of drug-likeness (QED) is 0.758. The zero-order valence-electron chi connectivity index (χ0n) is 14.1. The second-order valence-corrected chi connectivity index (χ2v) is 6.62. The molecule has 0 N–H and O–H groups in total. The third kappa shape index (κ3) is 2.55. The Labute approximate surface area is 146 Å². The van der Waals surface area contributed by atoms with Gasteiger partial charge in [-0.25, -0.2) is 4.90 Å². The number of benzene rings is 2. The molecule has 3 rings (SSSR count). The summed E-state index contributed by atoms with van der Waals surface area (Å²) < 4.78 is 0. The van der Waals surface area contributed by atoms with Crippen molar-refractivity contribution in [2.45, 2.75) is 27.7 Å². The number of aryl methyl sites for hydroxylation is 4. The van der Waals surface area contributed by atoms with Crippen LogP contribution in [-0.2, 0) is 9.59 Å². The molecule has 0 saturated carbocycles. The number of nitrogens with zero attached hydrogens (tertiary/aromatic N) is 1. The van der Waals surface area contributed by atoms with Crippen molar-refractivity contribution in [2.75, 3.05) is 4.90 Å². The van der Waals surface area contributed by atoms with E-state index in [0.717, 1.165) is 22.3 Å². The highest BCUT2D eigenvalue weighted by molar-refractivity contribution is 6.60. The summed E-state index contributed by atoms with van der Waals surface area (Å²) in [5.74, 6) is -0.840. The van der Waals surface area contributed by atoms with Gasteiger partial charge in [0.15, 0.2) is 0 Å². The molecule has 0 bridgehead atoms. The van der Waals surface area contributed by atoms with Gasteiger partial charge in [-0.05, 0) is 50.5 Å². The van der Waals surface area contributed by atoms with Crippen LogP contribution in [0.2, 0.25) is 0 Å². The number of hydrogen-bond acceptors (Lipinski definition) is 2.